The van der Waals surface area contributed by atoms with Crippen molar-refractivity contribution in [3.05, 3.63) is 12.2 Å². The molecule has 1 aliphatic heterocycles. The van der Waals surface area contributed by atoms with Crippen LogP contribution in [0.3, 0.4) is 0 Å². The number of ether oxygens (including phenoxy) is 1. The van der Waals surface area contributed by atoms with Crippen molar-refractivity contribution < 1.29 is 19.4 Å². The SMILES string of the molecule is CCC#CC[C@H](CC)[C@H](O)/C=C/[C@H]1CCC(=O)N1CCCCCCC(=O)OC. The molecule has 1 fully saturated rings. The zero-order chi connectivity index (χ0) is 20.8. The number of aliphatic hydroxyl groups is 1. The molecule has 28 heavy (non-hydrogen) atoms. The van der Waals surface area contributed by atoms with Gasteiger partial charge in [-0.15, -0.1) is 11.8 Å². The van der Waals surface area contributed by atoms with Crippen molar-refractivity contribution in [2.24, 2.45) is 5.92 Å². The van der Waals surface area contributed by atoms with E-state index < -0.39 is 6.10 Å². The normalized spacial score (nSPS) is 18.8. The topological polar surface area (TPSA) is 66.8 Å². The van der Waals surface area contributed by atoms with Crippen molar-refractivity contribution in [2.75, 3.05) is 13.7 Å². The average molecular weight is 392 g/mol. The molecule has 1 rings (SSSR count). The van der Waals surface area contributed by atoms with E-state index in [0.29, 0.717) is 19.3 Å². The van der Waals surface area contributed by atoms with Crippen LogP contribution in [-0.2, 0) is 14.3 Å². The maximum absolute atomic E-state index is 12.2. The minimum Gasteiger partial charge on any atom is -0.469 e. The van der Waals surface area contributed by atoms with Crippen LogP contribution >= 0.6 is 0 Å². The van der Waals surface area contributed by atoms with Gasteiger partial charge in [0.25, 0.3) is 0 Å². The number of aliphatic hydroxyl groups excluding tert-OH is 1. The molecule has 0 spiro atoms. The summed E-state index contributed by atoms with van der Waals surface area (Å²) in [4.78, 5) is 25.2. The largest absolute Gasteiger partial charge is 0.469 e. The van der Waals surface area contributed by atoms with Crippen molar-refractivity contribution in [1.82, 2.24) is 4.90 Å². The molecule has 0 aromatic heterocycles. The Hall–Kier alpha value is -1.80. The highest BCUT2D eigenvalue weighted by Gasteiger charge is 2.28. The summed E-state index contributed by atoms with van der Waals surface area (Å²) in [5, 5.41) is 10.5. The smallest absolute Gasteiger partial charge is 0.305 e. The molecule has 158 valence electrons. The van der Waals surface area contributed by atoms with E-state index in [1.807, 2.05) is 24.0 Å². The van der Waals surface area contributed by atoms with Crippen molar-refractivity contribution in [2.45, 2.75) is 90.2 Å². The lowest BCUT2D eigenvalue weighted by atomic mass is 9.95. The number of nitrogens with zero attached hydrogens (tertiary/aromatic N) is 1. The quantitative estimate of drug-likeness (QED) is 0.237. The molecule has 0 bridgehead atoms. The highest BCUT2D eigenvalue weighted by atomic mass is 16.5. The molecular weight excluding hydrogens is 354 g/mol. The lowest BCUT2D eigenvalue weighted by Gasteiger charge is -2.23. The lowest BCUT2D eigenvalue weighted by molar-refractivity contribution is -0.140. The molecule has 1 aliphatic rings. The first kappa shape index (κ1) is 24.2. The molecule has 0 aromatic rings. The molecule has 5 nitrogen and oxygen atoms in total. The summed E-state index contributed by atoms with van der Waals surface area (Å²) in [5.74, 6) is 6.36. The van der Waals surface area contributed by atoms with Crippen LogP contribution in [-0.4, -0.2) is 47.7 Å². The number of unbranched alkanes of at least 4 members (excludes halogenated alkanes) is 3. The highest BCUT2D eigenvalue weighted by molar-refractivity contribution is 5.79. The summed E-state index contributed by atoms with van der Waals surface area (Å²) in [6.45, 7) is 4.83. The Labute approximate surface area is 170 Å². The number of carbonyl (C=O) groups is 2. The highest BCUT2D eigenvalue weighted by Crippen LogP contribution is 2.22. The Bertz CT molecular complexity index is 561. The Morgan fingerprint density at radius 2 is 2.04 bits per heavy atom. The van der Waals surface area contributed by atoms with E-state index >= 15 is 0 Å². The molecule has 1 saturated heterocycles. The van der Waals surface area contributed by atoms with Gasteiger partial charge in [-0.3, -0.25) is 9.59 Å². The molecule has 0 unspecified atom stereocenters. The summed E-state index contributed by atoms with van der Waals surface area (Å²) in [6.07, 6.45) is 11.3. The van der Waals surface area contributed by atoms with Crippen molar-refractivity contribution in [1.29, 1.82) is 0 Å². The third-order valence-electron chi connectivity index (χ3n) is 5.34. The van der Waals surface area contributed by atoms with Crippen molar-refractivity contribution >= 4 is 11.9 Å². The first-order valence-corrected chi connectivity index (χ1v) is 10.7. The molecular formula is C23H37NO4. The fourth-order valence-corrected chi connectivity index (χ4v) is 3.49. The van der Waals surface area contributed by atoms with Gasteiger partial charge >= 0.3 is 5.97 Å². The summed E-state index contributed by atoms with van der Waals surface area (Å²) in [6, 6.07) is 0.0800. The van der Waals surface area contributed by atoms with Crippen LogP contribution < -0.4 is 0 Å². The Kier molecular flexibility index (Phi) is 12.3. The standard InChI is InChI=1S/C23H37NO4/c1-4-6-9-12-19(5-2)21(25)16-14-20-15-17-22(26)24(20)18-11-8-7-10-13-23(27)28-3/h14,16,19-21,25H,4-5,7-8,10-13,15,17-18H2,1-3H3/b16-14+/t19-,20-,21+/m0/s1. The van der Waals surface area contributed by atoms with Gasteiger partial charge in [0.15, 0.2) is 0 Å². The van der Waals surface area contributed by atoms with E-state index in [4.69, 9.17) is 0 Å². The number of esters is 1. The number of carbonyl (C=O) groups excluding carboxylic acids is 2. The van der Waals surface area contributed by atoms with E-state index in [2.05, 4.69) is 23.5 Å². The molecule has 0 aliphatic carbocycles. The number of amides is 1. The van der Waals surface area contributed by atoms with Crippen LogP contribution in [0.25, 0.3) is 0 Å². The summed E-state index contributed by atoms with van der Waals surface area (Å²) >= 11 is 0. The second kappa shape index (κ2) is 14.2. The molecule has 3 atom stereocenters. The van der Waals surface area contributed by atoms with Crippen molar-refractivity contribution in [3.8, 4) is 11.8 Å². The third-order valence-corrected chi connectivity index (χ3v) is 5.34. The number of rotatable bonds is 12. The van der Waals surface area contributed by atoms with Crippen LogP contribution in [0.5, 0.6) is 0 Å². The van der Waals surface area contributed by atoms with Gasteiger partial charge in [-0.25, -0.2) is 0 Å². The van der Waals surface area contributed by atoms with Crippen LogP contribution in [0.2, 0.25) is 0 Å². The first-order valence-electron chi connectivity index (χ1n) is 10.7. The summed E-state index contributed by atoms with van der Waals surface area (Å²) in [7, 11) is 1.41. The number of methoxy groups -OCH3 is 1. The van der Waals surface area contributed by atoms with Crippen LogP contribution in [0.15, 0.2) is 12.2 Å². The van der Waals surface area contributed by atoms with Gasteiger partial charge in [-0.05, 0) is 31.6 Å². The van der Waals surface area contributed by atoms with Gasteiger partial charge in [-0.2, -0.15) is 0 Å². The molecule has 0 saturated carbocycles. The lowest BCUT2D eigenvalue weighted by Crippen LogP contribution is -2.33. The third kappa shape index (κ3) is 8.93. The molecule has 1 N–H and O–H groups in total. The minimum atomic E-state index is -0.521. The van der Waals surface area contributed by atoms with Gasteiger partial charge in [-0.1, -0.05) is 38.8 Å². The zero-order valence-electron chi connectivity index (χ0n) is 17.8. The maximum Gasteiger partial charge on any atom is 0.305 e. The van der Waals surface area contributed by atoms with E-state index in [9.17, 15) is 14.7 Å². The monoisotopic (exact) mass is 391 g/mol. The first-order chi connectivity index (χ1) is 13.5. The van der Waals surface area contributed by atoms with Crippen LogP contribution in [0.4, 0.5) is 0 Å². The van der Waals surface area contributed by atoms with Gasteiger partial charge < -0.3 is 14.7 Å². The second-order valence-electron chi connectivity index (χ2n) is 7.39. The minimum absolute atomic E-state index is 0.0800. The van der Waals surface area contributed by atoms with Gasteiger partial charge in [0, 0.05) is 32.2 Å². The van der Waals surface area contributed by atoms with E-state index in [1.54, 1.807) is 0 Å². The van der Waals surface area contributed by atoms with E-state index in [-0.39, 0.29) is 23.8 Å². The fourth-order valence-electron chi connectivity index (χ4n) is 3.49. The second-order valence-corrected chi connectivity index (χ2v) is 7.39. The van der Waals surface area contributed by atoms with Crippen LogP contribution in [0.1, 0.15) is 78.1 Å². The Morgan fingerprint density at radius 1 is 1.29 bits per heavy atom. The van der Waals surface area contributed by atoms with Crippen LogP contribution in [0, 0.1) is 17.8 Å². The number of hydrogen-bond donors (Lipinski definition) is 1. The fraction of sp³-hybridized carbons (Fsp3) is 0.739. The molecule has 5 heteroatoms. The number of hydrogen-bond acceptors (Lipinski definition) is 4. The zero-order valence-corrected chi connectivity index (χ0v) is 17.8. The molecule has 1 amide bonds. The summed E-state index contributed by atoms with van der Waals surface area (Å²) < 4.78 is 4.64. The maximum atomic E-state index is 12.2. The number of likely N-dealkylation sites (tertiary alicyclic amines) is 1. The predicted octanol–water partition coefficient (Wildman–Crippen LogP) is 3.85. The van der Waals surface area contributed by atoms with E-state index in [1.165, 1.54) is 7.11 Å². The average Bonchev–Trinajstić information content (AvgIpc) is 3.05. The van der Waals surface area contributed by atoms with Crippen molar-refractivity contribution in [3.63, 3.8) is 0 Å². The molecule has 1 heterocycles. The Balaban J connectivity index is 2.43. The Morgan fingerprint density at radius 3 is 2.71 bits per heavy atom. The van der Waals surface area contributed by atoms with Gasteiger partial charge in [0.2, 0.25) is 5.91 Å². The molecule has 0 aromatic carbocycles. The predicted molar refractivity (Wildman–Crippen MR) is 111 cm³/mol. The van der Waals surface area contributed by atoms with Gasteiger partial charge in [0.1, 0.15) is 0 Å². The summed E-state index contributed by atoms with van der Waals surface area (Å²) in [5.41, 5.74) is 0. The van der Waals surface area contributed by atoms with Gasteiger partial charge in [0.05, 0.1) is 19.3 Å². The van der Waals surface area contributed by atoms with E-state index in [0.717, 1.165) is 51.5 Å². The molecule has 0 radical (unpaired) electrons.